The number of fused-ring (bicyclic) bond motifs is 1. The third-order valence-electron chi connectivity index (χ3n) is 3.87. The van der Waals surface area contributed by atoms with Crippen LogP contribution in [0.1, 0.15) is 6.92 Å². The number of nitrogens with zero attached hydrogens (tertiary/aromatic N) is 1. The summed E-state index contributed by atoms with van der Waals surface area (Å²) in [6.45, 7) is 9.23. The van der Waals surface area contributed by atoms with Gasteiger partial charge in [-0.15, -0.1) is 0 Å². The van der Waals surface area contributed by atoms with E-state index in [0.29, 0.717) is 12.3 Å². The minimum absolute atomic E-state index is 0.315. The second-order valence-corrected chi connectivity index (χ2v) is 14.8. The van der Waals surface area contributed by atoms with Crippen LogP contribution in [0, 0.1) is 3.57 Å². The van der Waals surface area contributed by atoms with Crippen molar-refractivity contribution in [2.75, 3.05) is 6.61 Å². The number of nitrogens with one attached hydrogen (secondary N) is 1. The molecule has 25 heavy (non-hydrogen) atoms. The zero-order valence-corrected chi connectivity index (χ0v) is 18.0. The van der Waals surface area contributed by atoms with E-state index < -0.39 is 8.07 Å². The lowest BCUT2D eigenvalue weighted by atomic mass is 10.00. The molecule has 1 aliphatic heterocycles. The fourth-order valence-electron chi connectivity index (χ4n) is 2.64. The predicted molar refractivity (Wildman–Crippen MR) is 114 cm³/mol. The Morgan fingerprint density at radius 2 is 1.92 bits per heavy atom. The number of allylic oxidation sites excluding steroid dienone is 3. The summed E-state index contributed by atoms with van der Waals surface area (Å²) in [7, 11) is -1.52. The first-order valence-electron chi connectivity index (χ1n) is 8.29. The molecule has 6 heteroatoms. The number of carbonyl (C=O) groups excluding carboxylic acids is 1. The topological polar surface area (TPSA) is 52.6 Å². The van der Waals surface area contributed by atoms with Crippen LogP contribution in [-0.2, 0) is 9.53 Å². The zero-order valence-electron chi connectivity index (χ0n) is 14.9. The summed E-state index contributed by atoms with van der Waals surface area (Å²) in [5, 5.41) is 8.65. The number of halogens is 1. The summed E-state index contributed by atoms with van der Waals surface area (Å²) in [5.41, 5.74) is 2.17. The van der Waals surface area contributed by atoms with E-state index >= 15 is 0 Å². The Labute approximate surface area is 159 Å². The van der Waals surface area contributed by atoms with Crippen LogP contribution in [0.4, 0.5) is 0 Å². The number of esters is 1. The molecule has 1 aliphatic carbocycles. The lowest BCUT2D eigenvalue weighted by Gasteiger charge is -2.24. The van der Waals surface area contributed by atoms with E-state index in [4.69, 9.17) is 4.74 Å². The number of benzene rings is 1. The van der Waals surface area contributed by atoms with Crippen LogP contribution in [0.5, 0.6) is 0 Å². The van der Waals surface area contributed by atoms with E-state index in [1.54, 1.807) is 0 Å². The summed E-state index contributed by atoms with van der Waals surface area (Å²) in [5.74, 6) is -0.338. The highest BCUT2D eigenvalue weighted by Gasteiger charge is 2.37. The largest absolute Gasteiger partial charge is 0.458 e. The maximum atomic E-state index is 12.2. The number of carbonyl (C=O) groups is 1. The Morgan fingerprint density at radius 3 is 2.56 bits per heavy atom. The molecule has 0 saturated heterocycles. The molecule has 0 amide bonds. The molecule has 3 rings (SSSR count). The van der Waals surface area contributed by atoms with E-state index in [2.05, 4.69) is 66.3 Å². The minimum Gasteiger partial charge on any atom is -0.458 e. The van der Waals surface area contributed by atoms with Gasteiger partial charge in [0.25, 0.3) is 0 Å². The molecule has 0 bridgehead atoms. The molecule has 2 aliphatic rings. The third kappa shape index (κ3) is 3.95. The van der Waals surface area contributed by atoms with Crippen molar-refractivity contribution in [2.45, 2.75) is 26.6 Å². The van der Waals surface area contributed by atoms with Crippen molar-refractivity contribution in [3.8, 4) is 0 Å². The average Bonchev–Trinajstić information content (AvgIpc) is 2.97. The molecule has 0 aromatic heterocycles. The van der Waals surface area contributed by atoms with E-state index in [1.807, 2.05) is 13.0 Å². The molecule has 0 radical (unpaired) electrons. The van der Waals surface area contributed by atoms with Gasteiger partial charge in [-0.1, -0.05) is 63.7 Å². The van der Waals surface area contributed by atoms with Gasteiger partial charge in [0.2, 0.25) is 0 Å². The monoisotopic (exact) mass is 465 g/mol. The molecule has 1 heterocycles. The Kier molecular flexibility index (Phi) is 5.29. The van der Waals surface area contributed by atoms with E-state index in [1.165, 1.54) is 12.3 Å². The first-order chi connectivity index (χ1) is 11.9. The Morgan fingerprint density at radius 1 is 1.20 bits per heavy atom. The quantitative estimate of drug-likeness (QED) is 0.421. The summed E-state index contributed by atoms with van der Waals surface area (Å²) in [6.07, 6.45) is 4.34. The van der Waals surface area contributed by atoms with Gasteiger partial charge in [0.05, 0.1) is 20.3 Å². The van der Waals surface area contributed by atoms with Crippen molar-refractivity contribution in [3.05, 3.63) is 56.8 Å². The number of hydrazone groups is 1. The van der Waals surface area contributed by atoms with Crippen molar-refractivity contribution in [2.24, 2.45) is 5.10 Å². The maximum absolute atomic E-state index is 12.2. The average molecular weight is 465 g/mol. The van der Waals surface area contributed by atoms with Crippen molar-refractivity contribution >= 4 is 49.7 Å². The lowest BCUT2D eigenvalue weighted by Crippen LogP contribution is -2.66. The van der Waals surface area contributed by atoms with Crippen LogP contribution < -0.4 is 5.10 Å². The van der Waals surface area contributed by atoms with Crippen LogP contribution in [0.25, 0.3) is 0 Å². The van der Waals surface area contributed by atoms with E-state index in [-0.39, 0.29) is 26.7 Å². The van der Waals surface area contributed by atoms with Gasteiger partial charge in [-0.2, -0.15) is 0 Å². The molecule has 0 unspecified atom stereocenters. The fourth-order valence-corrected chi connectivity index (χ4v) is 9.10. The van der Waals surface area contributed by atoms with Crippen LogP contribution in [0.3, 0.4) is 0 Å². The highest BCUT2D eigenvalue weighted by Crippen LogP contribution is 2.29. The van der Waals surface area contributed by atoms with E-state index in [0.717, 1.165) is 11.3 Å². The van der Waals surface area contributed by atoms with Gasteiger partial charge < -0.3 is 4.74 Å². The molecule has 130 valence electrons. The molecular weight excluding hydrogens is 443 g/mol. The smallest absolute Gasteiger partial charge is 0.406 e. The predicted octanol–water partition coefficient (Wildman–Crippen LogP) is 2.20. The molecule has 0 atom stereocenters. The number of hydrogen-bond donors (Lipinski definition) is 1. The summed E-state index contributed by atoms with van der Waals surface area (Å²) >= 11 is -0.315. The molecule has 1 aromatic carbocycles. The minimum atomic E-state index is -1.52. The first kappa shape index (κ1) is 18.1. The Hall–Kier alpha value is -1.67. The van der Waals surface area contributed by atoms with Gasteiger partial charge in [0, 0.05) is 7.08 Å². The normalized spacial score (nSPS) is 18.5. The summed E-state index contributed by atoms with van der Waals surface area (Å²) < 4.78 is 7.91. The first-order valence-corrected chi connectivity index (χ1v) is 14.0. The Balaban J connectivity index is 2.06. The highest BCUT2D eigenvalue weighted by atomic mass is 127. The molecule has 0 fully saturated rings. The molecular formula is C19H22IN2O2Si+. The molecule has 0 saturated carbocycles. The molecule has 1 aromatic rings. The van der Waals surface area contributed by atoms with Gasteiger partial charge in [0.1, 0.15) is 5.71 Å². The highest BCUT2D eigenvalue weighted by molar-refractivity contribution is 14.2. The van der Waals surface area contributed by atoms with Gasteiger partial charge in [-0.25, -0.2) is 4.79 Å². The lowest BCUT2D eigenvalue weighted by molar-refractivity contribution is -0.457. The second kappa shape index (κ2) is 7.29. The van der Waals surface area contributed by atoms with Crippen LogP contribution in [0.2, 0.25) is 19.6 Å². The van der Waals surface area contributed by atoms with Crippen LogP contribution in [-0.4, -0.2) is 35.6 Å². The SMILES string of the molecule is CCOC(=O)C1=[NH+]N=C2C=C([Si](C)(C)C)C(=Ic3ccccc3)C=C21. The van der Waals surface area contributed by atoms with E-state index in [9.17, 15) is 4.79 Å². The van der Waals surface area contributed by atoms with Crippen LogP contribution >= 0.6 is 20.7 Å². The molecule has 1 N–H and O–H groups in total. The standard InChI is InChI=1S/C19H21IN2O2Si/c1-5-24-19(23)18-14-11-15(20-13-9-7-6-8-10-13)17(25(2,3)4)12-16(14)21-22-18/h6-12H,5H2,1-4H3/p+1. The van der Waals surface area contributed by atoms with Crippen LogP contribution in [0.15, 0.2) is 58.4 Å². The number of hydrogen-bond acceptors (Lipinski definition) is 3. The molecule has 4 nitrogen and oxygen atoms in total. The van der Waals surface area contributed by atoms with Crippen molar-refractivity contribution in [3.63, 3.8) is 0 Å². The van der Waals surface area contributed by atoms with Gasteiger partial charge in [-0.3, -0.25) is 0 Å². The van der Waals surface area contributed by atoms with Crippen molar-refractivity contribution in [1.82, 2.24) is 0 Å². The molecule has 0 spiro atoms. The van der Waals surface area contributed by atoms with Crippen molar-refractivity contribution < 1.29 is 14.6 Å². The summed E-state index contributed by atoms with van der Waals surface area (Å²) in [6, 6.07) is 10.6. The van der Waals surface area contributed by atoms with Gasteiger partial charge in [0.15, 0.2) is 0 Å². The Bertz CT molecular complexity index is 859. The fraction of sp³-hybridized carbons (Fsp3) is 0.263. The second-order valence-electron chi connectivity index (χ2n) is 6.81. The van der Waals surface area contributed by atoms with Gasteiger partial charge >= 0.3 is 11.7 Å². The maximum Gasteiger partial charge on any atom is 0.406 e. The summed E-state index contributed by atoms with van der Waals surface area (Å²) in [4.78, 5) is 12.2. The van der Waals surface area contributed by atoms with Gasteiger partial charge in [-0.05, 0) is 41.5 Å². The third-order valence-corrected chi connectivity index (χ3v) is 9.23. The zero-order chi connectivity index (χ0) is 18.0. The number of rotatable bonds is 4. The number of ether oxygens (including phenoxy) is 1. The van der Waals surface area contributed by atoms with Crippen molar-refractivity contribution in [1.29, 1.82) is 0 Å².